The summed E-state index contributed by atoms with van der Waals surface area (Å²) in [4.78, 5) is 0. The molecule has 7 heteroatoms. The van der Waals surface area contributed by atoms with Crippen LogP contribution in [0.15, 0.2) is 21.1 Å². The summed E-state index contributed by atoms with van der Waals surface area (Å²) in [6, 6.07) is 3.68. The Balaban J connectivity index is 2.26. The Hall–Kier alpha value is -0.340. The van der Waals surface area contributed by atoms with Crippen molar-refractivity contribution in [3.05, 3.63) is 21.1 Å². The third-order valence-corrected chi connectivity index (χ3v) is 4.14. The Bertz CT molecular complexity index is 401. The second-order valence-electron chi connectivity index (χ2n) is 3.71. The molecule has 1 aromatic carbocycles. The maximum absolute atomic E-state index is 8.52. The lowest BCUT2D eigenvalue weighted by molar-refractivity contribution is 0.0245. The first kappa shape index (κ1) is 17.7. The van der Waals surface area contributed by atoms with Gasteiger partial charge in [0.2, 0.25) is 0 Å². The standard InChI is InChI=1S/C13H18Br2O5/c1-17-12-8-10(14)11(15)9-13(12)20-7-6-19-5-4-18-3-2-16/h8-9,16H,2-7H2,1H3. The molecule has 0 aromatic heterocycles. The summed E-state index contributed by atoms with van der Waals surface area (Å²) in [6.07, 6.45) is 0. The molecular formula is C13H18Br2O5. The normalized spacial score (nSPS) is 10.6. The minimum atomic E-state index is 0.0291. The topological polar surface area (TPSA) is 57.2 Å². The van der Waals surface area contributed by atoms with E-state index in [0.717, 1.165) is 8.95 Å². The van der Waals surface area contributed by atoms with Crippen LogP contribution in [0.1, 0.15) is 0 Å². The average molecular weight is 414 g/mol. The Morgan fingerprint density at radius 2 is 1.45 bits per heavy atom. The molecule has 0 atom stereocenters. The van der Waals surface area contributed by atoms with E-state index >= 15 is 0 Å². The fraction of sp³-hybridized carbons (Fsp3) is 0.538. The quantitative estimate of drug-likeness (QED) is 0.597. The third kappa shape index (κ3) is 6.41. The smallest absolute Gasteiger partial charge is 0.162 e. The van der Waals surface area contributed by atoms with Gasteiger partial charge in [0.05, 0.1) is 40.1 Å². The van der Waals surface area contributed by atoms with Gasteiger partial charge in [-0.3, -0.25) is 0 Å². The largest absolute Gasteiger partial charge is 0.493 e. The van der Waals surface area contributed by atoms with Crippen LogP contribution in [-0.2, 0) is 9.47 Å². The molecule has 0 heterocycles. The predicted octanol–water partition coefficient (Wildman–Crippen LogP) is 2.62. The average Bonchev–Trinajstić information content (AvgIpc) is 2.45. The van der Waals surface area contributed by atoms with Gasteiger partial charge in [0.15, 0.2) is 11.5 Å². The zero-order valence-corrected chi connectivity index (χ0v) is 14.4. The molecule has 20 heavy (non-hydrogen) atoms. The fourth-order valence-electron chi connectivity index (χ4n) is 1.38. The van der Waals surface area contributed by atoms with Gasteiger partial charge >= 0.3 is 0 Å². The molecule has 1 rings (SSSR count). The first-order valence-corrected chi connectivity index (χ1v) is 7.69. The van der Waals surface area contributed by atoms with Gasteiger partial charge < -0.3 is 24.1 Å². The van der Waals surface area contributed by atoms with Crippen LogP contribution in [-0.4, -0.2) is 51.9 Å². The molecule has 1 N–H and O–H groups in total. The van der Waals surface area contributed by atoms with E-state index in [1.54, 1.807) is 7.11 Å². The van der Waals surface area contributed by atoms with Gasteiger partial charge in [0.1, 0.15) is 6.61 Å². The van der Waals surface area contributed by atoms with E-state index in [4.69, 9.17) is 24.1 Å². The third-order valence-electron chi connectivity index (χ3n) is 2.30. The van der Waals surface area contributed by atoms with Crippen molar-refractivity contribution in [2.45, 2.75) is 0 Å². The molecule has 0 fully saturated rings. The van der Waals surface area contributed by atoms with Gasteiger partial charge in [0.25, 0.3) is 0 Å². The first-order valence-electron chi connectivity index (χ1n) is 6.11. The maximum Gasteiger partial charge on any atom is 0.162 e. The van der Waals surface area contributed by atoms with E-state index in [0.29, 0.717) is 44.5 Å². The highest BCUT2D eigenvalue weighted by molar-refractivity contribution is 9.13. The molecule has 114 valence electrons. The van der Waals surface area contributed by atoms with Crippen LogP contribution >= 0.6 is 31.9 Å². The zero-order valence-electron chi connectivity index (χ0n) is 11.2. The SMILES string of the molecule is COc1cc(Br)c(Br)cc1OCCOCCOCCO. The van der Waals surface area contributed by atoms with Crippen LogP contribution in [0.25, 0.3) is 0 Å². The molecule has 0 aliphatic carbocycles. The lowest BCUT2D eigenvalue weighted by atomic mass is 10.3. The van der Waals surface area contributed by atoms with Crippen molar-refractivity contribution in [1.29, 1.82) is 0 Å². The van der Waals surface area contributed by atoms with Crippen molar-refractivity contribution in [1.82, 2.24) is 0 Å². The van der Waals surface area contributed by atoms with Crippen molar-refractivity contribution in [2.24, 2.45) is 0 Å². The highest BCUT2D eigenvalue weighted by Crippen LogP contribution is 2.36. The van der Waals surface area contributed by atoms with Crippen LogP contribution in [0.2, 0.25) is 0 Å². The second-order valence-corrected chi connectivity index (χ2v) is 5.42. The monoisotopic (exact) mass is 412 g/mol. The number of methoxy groups -OCH3 is 1. The molecule has 0 spiro atoms. The van der Waals surface area contributed by atoms with Crippen molar-refractivity contribution in [3.8, 4) is 11.5 Å². The molecule has 5 nitrogen and oxygen atoms in total. The maximum atomic E-state index is 8.52. The molecule has 0 bridgehead atoms. The minimum absolute atomic E-state index is 0.0291. The number of aliphatic hydroxyl groups is 1. The van der Waals surface area contributed by atoms with Crippen LogP contribution in [0.4, 0.5) is 0 Å². The van der Waals surface area contributed by atoms with Crippen LogP contribution in [0.3, 0.4) is 0 Å². The lowest BCUT2D eigenvalue weighted by Crippen LogP contribution is -2.12. The fourth-order valence-corrected chi connectivity index (χ4v) is 2.02. The van der Waals surface area contributed by atoms with E-state index in [-0.39, 0.29) is 6.61 Å². The van der Waals surface area contributed by atoms with E-state index in [9.17, 15) is 0 Å². The van der Waals surface area contributed by atoms with E-state index in [1.807, 2.05) is 12.1 Å². The van der Waals surface area contributed by atoms with Crippen LogP contribution in [0, 0.1) is 0 Å². The van der Waals surface area contributed by atoms with Crippen LogP contribution in [0.5, 0.6) is 11.5 Å². The van der Waals surface area contributed by atoms with Gasteiger partial charge in [0, 0.05) is 8.95 Å². The van der Waals surface area contributed by atoms with Crippen molar-refractivity contribution in [2.75, 3.05) is 46.8 Å². The molecule has 0 saturated heterocycles. The van der Waals surface area contributed by atoms with E-state index < -0.39 is 0 Å². The van der Waals surface area contributed by atoms with E-state index in [2.05, 4.69) is 31.9 Å². The molecule has 0 unspecified atom stereocenters. The van der Waals surface area contributed by atoms with E-state index in [1.165, 1.54) is 0 Å². The Kier molecular flexibility index (Phi) is 9.21. The molecule has 0 aliphatic heterocycles. The zero-order chi connectivity index (χ0) is 14.8. The molecular weight excluding hydrogens is 396 g/mol. The summed E-state index contributed by atoms with van der Waals surface area (Å²) in [5.74, 6) is 1.31. The first-order chi connectivity index (χ1) is 9.69. The van der Waals surface area contributed by atoms with Gasteiger partial charge in [-0.05, 0) is 44.0 Å². The predicted molar refractivity (Wildman–Crippen MR) is 82.6 cm³/mol. The van der Waals surface area contributed by atoms with Crippen molar-refractivity contribution < 1.29 is 24.1 Å². The Morgan fingerprint density at radius 3 is 2.05 bits per heavy atom. The lowest BCUT2D eigenvalue weighted by Gasteiger charge is -2.12. The van der Waals surface area contributed by atoms with Gasteiger partial charge in [-0.1, -0.05) is 0 Å². The molecule has 0 aliphatic rings. The molecule has 0 saturated carbocycles. The highest BCUT2D eigenvalue weighted by Gasteiger charge is 2.08. The second kappa shape index (κ2) is 10.4. The summed E-state index contributed by atoms with van der Waals surface area (Å²) in [5, 5.41) is 8.52. The molecule has 0 radical (unpaired) electrons. The van der Waals surface area contributed by atoms with Gasteiger partial charge in [-0.2, -0.15) is 0 Å². The van der Waals surface area contributed by atoms with Gasteiger partial charge in [-0.25, -0.2) is 0 Å². The number of benzene rings is 1. The summed E-state index contributed by atoms with van der Waals surface area (Å²) < 4.78 is 23.1. The highest BCUT2D eigenvalue weighted by atomic mass is 79.9. The number of aliphatic hydroxyl groups excluding tert-OH is 1. The summed E-state index contributed by atoms with van der Waals surface area (Å²) in [7, 11) is 1.59. The number of ether oxygens (including phenoxy) is 4. The number of hydrogen-bond acceptors (Lipinski definition) is 5. The van der Waals surface area contributed by atoms with Gasteiger partial charge in [-0.15, -0.1) is 0 Å². The Labute approximate surface area is 135 Å². The summed E-state index contributed by atoms with van der Waals surface area (Å²) in [5.41, 5.74) is 0. The Morgan fingerprint density at radius 1 is 0.900 bits per heavy atom. The summed E-state index contributed by atoms with van der Waals surface area (Å²) in [6.45, 7) is 2.19. The molecule has 0 amide bonds. The van der Waals surface area contributed by atoms with Crippen LogP contribution < -0.4 is 9.47 Å². The van der Waals surface area contributed by atoms with Crippen molar-refractivity contribution in [3.63, 3.8) is 0 Å². The van der Waals surface area contributed by atoms with Crippen molar-refractivity contribution >= 4 is 31.9 Å². The number of rotatable bonds is 10. The minimum Gasteiger partial charge on any atom is -0.493 e. The summed E-state index contributed by atoms with van der Waals surface area (Å²) >= 11 is 6.82. The molecule has 1 aromatic rings. The number of hydrogen-bond donors (Lipinski definition) is 1. The number of halogens is 2.